The molecule has 5 heteroatoms. The van der Waals surface area contributed by atoms with Crippen molar-refractivity contribution in [3.63, 3.8) is 0 Å². The van der Waals surface area contributed by atoms with Crippen LogP contribution in [0.5, 0.6) is 11.5 Å². The van der Waals surface area contributed by atoms with Crippen molar-refractivity contribution in [3.8, 4) is 11.5 Å². The van der Waals surface area contributed by atoms with Gasteiger partial charge in [-0.3, -0.25) is 0 Å². The number of ether oxygens (including phenoxy) is 2. The SMILES string of the molecule is COc1cc(F)c(C(N)c2ccoc2C)cc1OC. The lowest BCUT2D eigenvalue weighted by molar-refractivity contribution is 0.351. The molecule has 102 valence electrons. The summed E-state index contributed by atoms with van der Waals surface area (Å²) in [5, 5.41) is 0. The molecule has 1 aromatic heterocycles. The van der Waals surface area contributed by atoms with Crippen LogP contribution in [0.1, 0.15) is 22.9 Å². The lowest BCUT2D eigenvalue weighted by Gasteiger charge is -2.15. The number of halogens is 1. The van der Waals surface area contributed by atoms with Crippen molar-refractivity contribution in [1.82, 2.24) is 0 Å². The number of hydrogen-bond donors (Lipinski definition) is 1. The van der Waals surface area contributed by atoms with E-state index in [9.17, 15) is 4.39 Å². The van der Waals surface area contributed by atoms with Crippen LogP contribution in [0.3, 0.4) is 0 Å². The van der Waals surface area contributed by atoms with Crippen LogP contribution in [0.2, 0.25) is 0 Å². The fraction of sp³-hybridized carbons (Fsp3) is 0.286. The van der Waals surface area contributed by atoms with Crippen LogP contribution in [-0.4, -0.2) is 14.2 Å². The van der Waals surface area contributed by atoms with Gasteiger partial charge in [0.25, 0.3) is 0 Å². The minimum Gasteiger partial charge on any atom is -0.493 e. The van der Waals surface area contributed by atoms with Gasteiger partial charge in [-0.05, 0) is 19.1 Å². The highest BCUT2D eigenvalue weighted by Gasteiger charge is 2.20. The molecule has 0 aliphatic carbocycles. The van der Waals surface area contributed by atoms with Crippen LogP contribution in [0, 0.1) is 12.7 Å². The van der Waals surface area contributed by atoms with Crippen molar-refractivity contribution in [2.75, 3.05) is 14.2 Å². The number of rotatable bonds is 4. The maximum atomic E-state index is 14.1. The monoisotopic (exact) mass is 265 g/mol. The van der Waals surface area contributed by atoms with Gasteiger partial charge < -0.3 is 19.6 Å². The molecule has 19 heavy (non-hydrogen) atoms. The van der Waals surface area contributed by atoms with Crippen LogP contribution in [0.25, 0.3) is 0 Å². The first-order valence-electron chi connectivity index (χ1n) is 5.79. The zero-order chi connectivity index (χ0) is 14.0. The molecule has 0 fully saturated rings. The average Bonchev–Trinajstić information content (AvgIpc) is 2.83. The molecule has 0 aliphatic heterocycles. The Labute approximate surface area is 110 Å². The first kappa shape index (κ1) is 13.4. The van der Waals surface area contributed by atoms with E-state index >= 15 is 0 Å². The highest BCUT2D eigenvalue weighted by Crippen LogP contribution is 2.34. The molecule has 0 saturated heterocycles. The third-order valence-electron chi connectivity index (χ3n) is 3.07. The summed E-state index contributed by atoms with van der Waals surface area (Å²) >= 11 is 0. The highest BCUT2D eigenvalue weighted by atomic mass is 19.1. The third-order valence-corrected chi connectivity index (χ3v) is 3.07. The summed E-state index contributed by atoms with van der Waals surface area (Å²) < 4.78 is 29.5. The predicted molar refractivity (Wildman–Crippen MR) is 69.0 cm³/mol. The lowest BCUT2D eigenvalue weighted by atomic mass is 9.99. The molecule has 1 atom stereocenters. The van der Waals surface area contributed by atoms with Crippen LogP contribution in [0.15, 0.2) is 28.9 Å². The quantitative estimate of drug-likeness (QED) is 0.923. The molecule has 2 N–H and O–H groups in total. The van der Waals surface area contributed by atoms with Crippen LogP contribution in [-0.2, 0) is 0 Å². The van der Waals surface area contributed by atoms with Crippen molar-refractivity contribution >= 4 is 0 Å². The van der Waals surface area contributed by atoms with E-state index in [1.54, 1.807) is 19.1 Å². The lowest BCUT2D eigenvalue weighted by Crippen LogP contribution is -2.14. The van der Waals surface area contributed by atoms with Crippen molar-refractivity contribution in [3.05, 3.63) is 47.2 Å². The first-order valence-corrected chi connectivity index (χ1v) is 5.79. The van der Waals surface area contributed by atoms with E-state index in [1.807, 2.05) is 0 Å². The predicted octanol–water partition coefficient (Wildman–Crippen LogP) is 2.79. The van der Waals surface area contributed by atoms with Crippen molar-refractivity contribution < 1.29 is 18.3 Å². The molecular formula is C14H16FNO3. The maximum Gasteiger partial charge on any atom is 0.163 e. The molecule has 0 aliphatic rings. The standard InChI is InChI=1S/C14H16FNO3/c1-8-9(4-5-19-8)14(16)10-6-12(17-2)13(18-3)7-11(10)15/h4-7,14H,16H2,1-3H3. The van der Waals surface area contributed by atoms with E-state index in [-0.39, 0.29) is 0 Å². The van der Waals surface area contributed by atoms with Gasteiger partial charge in [0.1, 0.15) is 11.6 Å². The van der Waals surface area contributed by atoms with Crippen molar-refractivity contribution in [2.24, 2.45) is 5.73 Å². The molecule has 0 radical (unpaired) electrons. The molecule has 0 spiro atoms. The van der Waals surface area contributed by atoms with Gasteiger partial charge in [-0.2, -0.15) is 0 Å². The Bertz CT molecular complexity index is 580. The summed E-state index contributed by atoms with van der Waals surface area (Å²) in [5.74, 6) is 1.00. The Morgan fingerprint density at radius 2 is 1.79 bits per heavy atom. The number of methoxy groups -OCH3 is 2. The molecule has 4 nitrogen and oxygen atoms in total. The Kier molecular flexibility index (Phi) is 3.76. The second-order valence-corrected chi connectivity index (χ2v) is 4.14. The second kappa shape index (κ2) is 5.32. The van der Waals surface area contributed by atoms with E-state index in [0.29, 0.717) is 22.8 Å². The molecule has 1 aromatic carbocycles. The Balaban J connectivity index is 2.48. The fourth-order valence-corrected chi connectivity index (χ4v) is 1.99. The summed E-state index contributed by atoms with van der Waals surface area (Å²) in [7, 11) is 2.95. The van der Waals surface area contributed by atoms with Gasteiger partial charge in [0.15, 0.2) is 11.5 Å². The molecule has 2 rings (SSSR count). The van der Waals surface area contributed by atoms with E-state index in [0.717, 1.165) is 5.56 Å². The van der Waals surface area contributed by atoms with E-state index in [4.69, 9.17) is 19.6 Å². The number of benzene rings is 1. The Hall–Kier alpha value is -2.01. The van der Waals surface area contributed by atoms with Gasteiger partial charge in [0, 0.05) is 17.2 Å². The minimum atomic E-state index is -0.612. The van der Waals surface area contributed by atoms with Gasteiger partial charge in [0.05, 0.1) is 26.5 Å². The maximum absolute atomic E-state index is 14.1. The molecule has 0 saturated carbocycles. The fourth-order valence-electron chi connectivity index (χ4n) is 1.99. The third kappa shape index (κ3) is 2.42. The summed E-state index contributed by atoms with van der Waals surface area (Å²) in [6.07, 6.45) is 1.53. The average molecular weight is 265 g/mol. The zero-order valence-corrected chi connectivity index (χ0v) is 11.1. The number of hydrogen-bond acceptors (Lipinski definition) is 4. The topological polar surface area (TPSA) is 57.6 Å². The van der Waals surface area contributed by atoms with Gasteiger partial charge in [0.2, 0.25) is 0 Å². The van der Waals surface area contributed by atoms with Crippen molar-refractivity contribution in [2.45, 2.75) is 13.0 Å². The number of furan rings is 1. The van der Waals surface area contributed by atoms with Gasteiger partial charge in [-0.25, -0.2) is 4.39 Å². The van der Waals surface area contributed by atoms with E-state index in [2.05, 4.69) is 0 Å². The zero-order valence-electron chi connectivity index (χ0n) is 11.1. The van der Waals surface area contributed by atoms with Crippen LogP contribution >= 0.6 is 0 Å². The number of nitrogens with two attached hydrogens (primary N) is 1. The van der Waals surface area contributed by atoms with E-state index in [1.165, 1.54) is 26.5 Å². The molecular weight excluding hydrogens is 249 g/mol. The van der Waals surface area contributed by atoms with E-state index < -0.39 is 11.9 Å². The Morgan fingerprint density at radius 3 is 2.32 bits per heavy atom. The molecule has 2 aromatic rings. The van der Waals surface area contributed by atoms with Crippen molar-refractivity contribution in [1.29, 1.82) is 0 Å². The molecule has 1 unspecified atom stereocenters. The molecule has 0 amide bonds. The van der Waals surface area contributed by atoms with Gasteiger partial charge in [-0.15, -0.1) is 0 Å². The summed E-state index contributed by atoms with van der Waals surface area (Å²) in [6.45, 7) is 1.79. The largest absolute Gasteiger partial charge is 0.493 e. The van der Waals surface area contributed by atoms with Gasteiger partial charge >= 0.3 is 0 Å². The minimum absolute atomic E-state index is 0.333. The molecule has 1 heterocycles. The van der Waals surface area contributed by atoms with Crippen LogP contribution in [0.4, 0.5) is 4.39 Å². The summed E-state index contributed by atoms with van der Waals surface area (Å²) in [6, 6.07) is 3.93. The Morgan fingerprint density at radius 1 is 1.16 bits per heavy atom. The summed E-state index contributed by atoms with van der Waals surface area (Å²) in [4.78, 5) is 0. The number of aryl methyl sites for hydroxylation is 1. The summed E-state index contributed by atoms with van der Waals surface area (Å²) in [5.41, 5.74) is 7.16. The molecule has 0 bridgehead atoms. The van der Waals surface area contributed by atoms with Gasteiger partial charge in [-0.1, -0.05) is 0 Å². The smallest absolute Gasteiger partial charge is 0.163 e. The normalized spacial score (nSPS) is 12.3. The second-order valence-electron chi connectivity index (χ2n) is 4.14. The first-order chi connectivity index (χ1) is 9.08. The van der Waals surface area contributed by atoms with Crippen LogP contribution < -0.4 is 15.2 Å². The highest BCUT2D eigenvalue weighted by molar-refractivity contribution is 5.46.